The highest BCUT2D eigenvalue weighted by molar-refractivity contribution is 9.10. The minimum atomic E-state index is -3.98. The Morgan fingerprint density at radius 3 is 2.76 bits per heavy atom. The van der Waals surface area contributed by atoms with Gasteiger partial charge in [-0.25, -0.2) is 22.3 Å². The average molecular weight is 394 g/mol. The molecule has 0 atom stereocenters. The molecule has 2 rings (SSSR count). The van der Waals surface area contributed by atoms with E-state index in [2.05, 4.69) is 20.7 Å². The molecule has 0 aliphatic heterocycles. The molecule has 0 saturated heterocycles. The Morgan fingerprint density at radius 2 is 2.10 bits per heavy atom. The molecule has 2 N–H and O–H groups in total. The highest BCUT2D eigenvalue weighted by Gasteiger charge is 2.23. The van der Waals surface area contributed by atoms with Gasteiger partial charge in [0.1, 0.15) is 15.6 Å². The Labute approximate surface area is 132 Å². The zero-order chi connectivity index (χ0) is 15.6. The van der Waals surface area contributed by atoms with Crippen LogP contribution in [0.4, 0.5) is 4.39 Å². The molecule has 0 amide bonds. The maximum absolute atomic E-state index is 13.1. The van der Waals surface area contributed by atoms with Gasteiger partial charge in [-0.15, -0.1) is 11.3 Å². The van der Waals surface area contributed by atoms with Crippen LogP contribution in [0.2, 0.25) is 0 Å². The Bertz CT molecular complexity index is 788. The molecule has 2 aromatic rings. The van der Waals surface area contributed by atoms with Gasteiger partial charge in [0, 0.05) is 11.0 Å². The summed E-state index contributed by atoms with van der Waals surface area (Å²) in [5.74, 6) is -1.80. The molecular weight excluding hydrogens is 385 g/mol. The Hall–Kier alpha value is -1.29. The second-order valence-corrected chi connectivity index (χ2v) is 7.49. The molecule has 0 fully saturated rings. The van der Waals surface area contributed by atoms with Crippen molar-refractivity contribution in [2.24, 2.45) is 0 Å². The van der Waals surface area contributed by atoms with Crippen LogP contribution in [0.15, 0.2) is 39.0 Å². The van der Waals surface area contributed by atoms with Crippen LogP contribution in [-0.4, -0.2) is 19.5 Å². The molecular formula is C12H9BrFNO4S2. The van der Waals surface area contributed by atoms with E-state index in [1.807, 2.05) is 0 Å². The van der Waals surface area contributed by atoms with E-state index >= 15 is 0 Å². The summed E-state index contributed by atoms with van der Waals surface area (Å²) in [7, 11) is -3.98. The molecule has 0 radical (unpaired) electrons. The maximum atomic E-state index is 13.1. The van der Waals surface area contributed by atoms with E-state index in [0.717, 1.165) is 11.3 Å². The standard InChI is InChI=1S/C12H9BrFNO4S2/c13-9-2-1-8(14)5-7(9)6-15-21(18,19)10-3-4-20-11(10)12(16)17/h1-5,15H,6H2,(H,16,17). The minimum Gasteiger partial charge on any atom is -0.477 e. The lowest BCUT2D eigenvalue weighted by Crippen LogP contribution is -2.24. The summed E-state index contributed by atoms with van der Waals surface area (Å²) < 4.78 is 40.2. The lowest BCUT2D eigenvalue weighted by atomic mass is 10.2. The van der Waals surface area contributed by atoms with Gasteiger partial charge in [0.2, 0.25) is 10.0 Å². The molecule has 0 saturated carbocycles. The molecule has 0 aliphatic carbocycles. The van der Waals surface area contributed by atoms with Gasteiger partial charge in [-0.2, -0.15) is 0 Å². The molecule has 112 valence electrons. The third kappa shape index (κ3) is 3.67. The number of carboxylic acids is 1. The summed E-state index contributed by atoms with van der Waals surface area (Å²) in [5.41, 5.74) is 0.408. The van der Waals surface area contributed by atoms with E-state index in [0.29, 0.717) is 10.0 Å². The van der Waals surface area contributed by atoms with E-state index in [4.69, 9.17) is 5.11 Å². The smallest absolute Gasteiger partial charge is 0.347 e. The summed E-state index contributed by atoms with van der Waals surface area (Å²) in [6.45, 7) is -0.157. The van der Waals surface area contributed by atoms with E-state index < -0.39 is 21.8 Å². The molecule has 21 heavy (non-hydrogen) atoms. The number of sulfonamides is 1. The second kappa shape index (κ2) is 6.22. The van der Waals surface area contributed by atoms with Crippen molar-refractivity contribution in [2.75, 3.05) is 0 Å². The second-order valence-electron chi connectivity index (χ2n) is 3.98. The highest BCUT2D eigenvalue weighted by atomic mass is 79.9. The van der Waals surface area contributed by atoms with Gasteiger partial charge in [-0.3, -0.25) is 0 Å². The van der Waals surface area contributed by atoms with Gasteiger partial charge >= 0.3 is 5.97 Å². The number of benzene rings is 1. The van der Waals surface area contributed by atoms with Crippen molar-refractivity contribution < 1.29 is 22.7 Å². The van der Waals surface area contributed by atoms with Crippen molar-refractivity contribution in [3.63, 3.8) is 0 Å². The van der Waals surface area contributed by atoms with Crippen molar-refractivity contribution in [3.8, 4) is 0 Å². The van der Waals surface area contributed by atoms with Crippen molar-refractivity contribution in [3.05, 3.63) is 50.4 Å². The third-order valence-corrected chi connectivity index (χ3v) is 5.82. The molecule has 0 spiro atoms. The number of hydrogen-bond donors (Lipinski definition) is 2. The van der Waals surface area contributed by atoms with Crippen LogP contribution in [0.3, 0.4) is 0 Å². The van der Waals surface area contributed by atoms with Crippen LogP contribution in [0, 0.1) is 5.82 Å². The van der Waals surface area contributed by atoms with Gasteiger partial charge in [-0.05, 0) is 35.2 Å². The van der Waals surface area contributed by atoms with Crippen molar-refractivity contribution in [1.82, 2.24) is 4.72 Å². The first-order chi connectivity index (χ1) is 9.81. The number of halogens is 2. The fourth-order valence-corrected chi connectivity index (χ4v) is 4.25. The number of carbonyl (C=O) groups is 1. The molecule has 1 aromatic carbocycles. The van der Waals surface area contributed by atoms with E-state index in [1.54, 1.807) is 0 Å². The van der Waals surface area contributed by atoms with Crippen LogP contribution < -0.4 is 4.72 Å². The monoisotopic (exact) mass is 393 g/mol. The van der Waals surface area contributed by atoms with Crippen LogP contribution in [0.5, 0.6) is 0 Å². The third-order valence-electron chi connectivity index (χ3n) is 2.57. The van der Waals surface area contributed by atoms with Crippen molar-refractivity contribution in [2.45, 2.75) is 11.4 Å². The molecule has 0 bridgehead atoms. The van der Waals surface area contributed by atoms with E-state index in [1.165, 1.54) is 29.6 Å². The Kier molecular flexibility index (Phi) is 4.77. The lowest BCUT2D eigenvalue weighted by molar-refractivity contribution is 0.0698. The zero-order valence-electron chi connectivity index (χ0n) is 10.3. The normalized spacial score (nSPS) is 11.5. The van der Waals surface area contributed by atoms with Crippen LogP contribution in [0.25, 0.3) is 0 Å². The lowest BCUT2D eigenvalue weighted by Gasteiger charge is -2.08. The number of nitrogens with one attached hydrogen (secondary N) is 1. The molecule has 1 heterocycles. The Morgan fingerprint density at radius 1 is 1.38 bits per heavy atom. The molecule has 0 aliphatic rings. The maximum Gasteiger partial charge on any atom is 0.347 e. The summed E-state index contributed by atoms with van der Waals surface area (Å²) >= 11 is 4.01. The topological polar surface area (TPSA) is 83.5 Å². The first kappa shape index (κ1) is 16.1. The zero-order valence-corrected chi connectivity index (χ0v) is 13.6. The predicted octanol–water partition coefficient (Wildman–Crippen LogP) is 2.83. The molecule has 1 aromatic heterocycles. The van der Waals surface area contributed by atoms with Gasteiger partial charge in [0.05, 0.1) is 0 Å². The predicted molar refractivity (Wildman–Crippen MR) is 79.4 cm³/mol. The summed E-state index contributed by atoms with van der Waals surface area (Å²) in [6.07, 6.45) is 0. The number of thiophene rings is 1. The summed E-state index contributed by atoms with van der Waals surface area (Å²) in [6, 6.07) is 5.12. The first-order valence-electron chi connectivity index (χ1n) is 5.55. The highest BCUT2D eigenvalue weighted by Crippen LogP contribution is 2.23. The largest absolute Gasteiger partial charge is 0.477 e. The van der Waals surface area contributed by atoms with E-state index in [9.17, 15) is 17.6 Å². The number of carboxylic acid groups (broad SMARTS) is 1. The van der Waals surface area contributed by atoms with Crippen LogP contribution in [-0.2, 0) is 16.6 Å². The molecule has 9 heteroatoms. The number of aromatic carboxylic acids is 1. The van der Waals surface area contributed by atoms with Crippen LogP contribution >= 0.6 is 27.3 Å². The van der Waals surface area contributed by atoms with E-state index in [-0.39, 0.29) is 16.3 Å². The van der Waals surface area contributed by atoms with Crippen molar-refractivity contribution >= 4 is 43.3 Å². The van der Waals surface area contributed by atoms with Gasteiger partial charge in [-0.1, -0.05) is 15.9 Å². The number of hydrogen-bond acceptors (Lipinski definition) is 4. The Balaban J connectivity index is 2.24. The van der Waals surface area contributed by atoms with Gasteiger partial charge in [0.15, 0.2) is 0 Å². The molecule has 0 unspecified atom stereocenters. The SMILES string of the molecule is O=C(O)c1sccc1S(=O)(=O)NCc1cc(F)ccc1Br. The van der Waals surface area contributed by atoms with Gasteiger partial charge in [0.25, 0.3) is 0 Å². The molecule has 5 nitrogen and oxygen atoms in total. The average Bonchev–Trinajstić information content (AvgIpc) is 2.90. The minimum absolute atomic E-state index is 0.157. The van der Waals surface area contributed by atoms with Crippen LogP contribution in [0.1, 0.15) is 15.2 Å². The quantitative estimate of drug-likeness (QED) is 0.817. The fourth-order valence-electron chi connectivity index (χ4n) is 1.59. The summed E-state index contributed by atoms with van der Waals surface area (Å²) in [5, 5.41) is 10.3. The first-order valence-corrected chi connectivity index (χ1v) is 8.71. The summed E-state index contributed by atoms with van der Waals surface area (Å²) in [4.78, 5) is 10.4. The fraction of sp³-hybridized carbons (Fsp3) is 0.0833. The van der Waals surface area contributed by atoms with Gasteiger partial charge < -0.3 is 5.11 Å². The number of rotatable bonds is 5. The van der Waals surface area contributed by atoms with Crippen molar-refractivity contribution in [1.29, 1.82) is 0 Å².